The molecule has 1 aromatic carbocycles. The van der Waals surface area contributed by atoms with Gasteiger partial charge in [0.25, 0.3) is 5.91 Å². The number of hydrogen-bond donors (Lipinski definition) is 2. The number of aromatic nitrogens is 1. The topological polar surface area (TPSA) is 118 Å². The first-order chi connectivity index (χ1) is 21.4. The molecule has 5 rings (SSSR count). The number of ether oxygens (including phenoxy) is 2. The van der Waals surface area contributed by atoms with Crippen LogP contribution in [0.3, 0.4) is 0 Å². The Morgan fingerprint density at radius 3 is 2.58 bits per heavy atom. The van der Waals surface area contributed by atoms with Crippen molar-refractivity contribution in [2.75, 3.05) is 40.0 Å². The third-order valence-electron chi connectivity index (χ3n) is 8.88. The number of halogens is 3. The number of hydrogen-bond acceptors (Lipinski definition) is 8. The van der Waals surface area contributed by atoms with E-state index in [0.717, 1.165) is 30.9 Å². The number of fused-ring (bicyclic) bond motifs is 1. The number of carbonyl (C=O) groups is 1. The maximum absolute atomic E-state index is 14.1. The van der Waals surface area contributed by atoms with Gasteiger partial charge in [-0.2, -0.15) is 13.2 Å². The van der Waals surface area contributed by atoms with Crippen molar-refractivity contribution >= 4 is 11.7 Å². The highest BCUT2D eigenvalue weighted by Crippen LogP contribution is 2.33. The van der Waals surface area contributed by atoms with Crippen LogP contribution >= 0.6 is 0 Å². The molecular weight excluding hydrogens is 589 g/mol. The number of nitrogens with two attached hydrogens (primary N) is 1. The van der Waals surface area contributed by atoms with Crippen molar-refractivity contribution in [2.45, 2.75) is 70.4 Å². The molecule has 2 atom stereocenters. The number of likely N-dealkylation sites (tertiary alicyclic amines) is 1. The summed E-state index contributed by atoms with van der Waals surface area (Å²) in [5.41, 5.74) is 8.64. The third kappa shape index (κ3) is 7.59. The van der Waals surface area contributed by atoms with Crippen molar-refractivity contribution in [3.63, 3.8) is 0 Å². The van der Waals surface area contributed by atoms with Crippen molar-refractivity contribution in [1.29, 1.82) is 0 Å². The van der Waals surface area contributed by atoms with Crippen LogP contribution in [0.4, 0.5) is 13.2 Å². The van der Waals surface area contributed by atoms with Gasteiger partial charge in [0, 0.05) is 69.3 Å². The molecule has 3 aliphatic heterocycles. The van der Waals surface area contributed by atoms with Gasteiger partial charge in [-0.25, -0.2) is 4.99 Å². The molecular formula is C32H41F3N6O4. The normalized spacial score (nSPS) is 22.2. The number of allylic oxidation sites excluding steroid dienone is 1. The van der Waals surface area contributed by atoms with Gasteiger partial charge in [-0.05, 0) is 62.8 Å². The number of amides is 1. The number of rotatable bonds is 8. The van der Waals surface area contributed by atoms with E-state index >= 15 is 0 Å². The number of methoxy groups -OCH3 is 1. The van der Waals surface area contributed by atoms with Crippen LogP contribution in [0.25, 0.3) is 0 Å². The Labute approximate surface area is 261 Å². The fraction of sp³-hybridized carbons (Fsp3) is 0.531. The van der Waals surface area contributed by atoms with E-state index < -0.39 is 11.7 Å². The van der Waals surface area contributed by atoms with E-state index in [2.05, 4.69) is 22.0 Å². The molecule has 0 aliphatic carbocycles. The SMILES string of the molecule is C=C(/C(C)=C(\N=C(N)c1cc(C)on1)C(=O)N1CCC(N[C@@H]2CCOC[C@@H]2OC)CC1)N1CCc2cc(C(F)(F)F)ccc2C1. The average molecular weight is 631 g/mol. The Bertz CT molecular complexity index is 1460. The van der Waals surface area contributed by atoms with Gasteiger partial charge in [-0.3, -0.25) is 4.79 Å². The summed E-state index contributed by atoms with van der Waals surface area (Å²) in [6.07, 6.45) is -1.60. The molecule has 0 bridgehead atoms. The summed E-state index contributed by atoms with van der Waals surface area (Å²) in [6.45, 7) is 10.9. The van der Waals surface area contributed by atoms with Gasteiger partial charge in [0.1, 0.15) is 17.2 Å². The molecule has 1 aromatic heterocycles. The first-order valence-corrected chi connectivity index (χ1v) is 15.2. The zero-order valence-corrected chi connectivity index (χ0v) is 26.0. The lowest BCUT2D eigenvalue weighted by atomic mass is 9.96. The lowest BCUT2D eigenvalue weighted by Gasteiger charge is -2.38. The minimum Gasteiger partial charge on any atom is -0.382 e. The van der Waals surface area contributed by atoms with Gasteiger partial charge >= 0.3 is 6.18 Å². The van der Waals surface area contributed by atoms with Gasteiger partial charge < -0.3 is 34.8 Å². The first-order valence-electron chi connectivity index (χ1n) is 15.2. The minimum absolute atomic E-state index is 0.00692. The molecule has 1 amide bonds. The van der Waals surface area contributed by atoms with Gasteiger partial charge in [-0.15, -0.1) is 0 Å². The second kappa shape index (κ2) is 13.8. The lowest BCUT2D eigenvalue weighted by Crippen LogP contribution is -2.54. The van der Waals surface area contributed by atoms with Crippen LogP contribution < -0.4 is 11.1 Å². The predicted octanol–water partition coefficient (Wildman–Crippen LogP) is 3.94. The van der Waals surface area contributed by atoms with Crippen LogP contribution in [0.5, 0.6) is 0 Å². The van der Waals surface area contributed by atoms with Gasteiger partial charge in [-0.1, -0.05) is 17.8 Å². The van der Waals surface area contributed by atoms with E-state index in [-0.39, 0.29) is 35.6 Å². The van der Waals surface area contributed by atoms with Crippen LogP contribution in [-0.4, -0.2) is 84.8 Å². The van der Waals surface area contributed by atoms with Crippen LogP contribution in [0.15, 0.2) is 57.3 Å². The number of benzene rings is 1. The standard InChI is InChI=1S/C32H41F3N6O4/c1-19-15-27(39-45-19)30(36)38-29(31(42)40-12-8-25(9-13-40)37-26-10-14-44-18-28(26)43-4)20(2)21(3)41-11-7-22-16-24(32(33,34)35)6-5-23(22)17-41/h5-6,15-16,25-26,28,37H,3,7-14,17-18H2,1-2,4H3,(H2,36,38)/b29-20-/t26-,28+/m1/s1. The summed E-state index contributed by atoms with van der Waals surface area (Å²) in [4.78, 5) is 22.4. The molecule has 0 radical (unpaired) electrons. The number of alkyl halides is 3. The number of amidine groups is 1. The summed E-state index contributed by atoms with van der Waals surface area (Å²) in [7, 11) is 1.69. The Kier molecular flexibility index (Phi) is 10.00. The Morgan fingerprint density at radius 2 is 1.91 bits per heavy atom. The predicted molar refractivity (Wildman–Crippen MR) is 162 cm³/mol. The zero-order chi connectivity index (χ0) is 32.3. The number of nitrogens with zero attached hydrogens (tertiary/aromatic N) is 4. The highest BCUT2D eigenvalue weighted by atomic mass is 19.4. The van der Waals surface area contributed by atoms with Crippen LogP contribution in [-0.2, 0) is 33.4 Å². The highest BCUT2D eigenvalue weighted by Gasteiger charge is 2.34. The summed E-state index contributed by atoms with van der Waals surface area (Å²) in [6, 6.07) is 5.90. The quantitative estimate of drug-likeness (QED) is 0.195. The Balaban J connectivity index is 1.34. The number of carbonyl (C=O) groups excluding carboxylic acids is 1. The van der Waals surface area contributed by atoms with Crippen LogP contribution in [0.1, 0.15) is 54.3 Å². The lowest BCUT2D eigenvalue weighted by molar-refractivity contribution is -0.137. The van der Waals surface area contributed by atoms with Crippen molar-refractivity contribution in [3.8, 4) is 0 Å². The largest absolute Gasteiger partial charge is 0.416 e. The summed E-state index contributed by atoms with van der Waals surface area (Å²) >= 11 is 0. The molecule has 2 aromatic rings. The molecule has 244 valence electrons. The molecule has 3 aliphatic rings. The molecule has 0 saturated carbocycles. The van der Waals surface area contributed by atoms with Gasteiger partial charge in [0.05, 0.1) is 18.3 Å². The number of aryl methyl sites for hydroxylation is 1. The zero-order valence-electron chi connectivity index (χ0n) is 26.0. The van der Waals surface area contributed by atoms with E-state index in [1.54, 1.807) is 31.9 Å². The van der Waals surface area contributed by atoms with Crippen molar-refractivity contribution in [3.05, 3.63) is 76.0 Å². The Hall–Kier alpha value is -3.68. The van der Waals surface area contributed by atoms with E-state index in [4.69, 9.17) is 19.7 Å². The summed E-state index contributed by atoms with van der Waals surface area (Å²) in [5.74, 6) is 0.313. The van der Waals surface area contributed by atoms with Crippen LogP contribution in [0, 0.1) is 6.92 Å². The monoisotopic (exact) mass is 630 g/mol. The molecule has 0 spiro atoms. The van der Waals surface area contributed by atoms with E-state index in [9.17, 15) is 18.0 Å². The second-order valence-electron chi connectivity index (χ2n) is 11.9. The van der Waals surface area contributed by atoms with E-state index in [1.165, 1.54) is 12.1 Å². The maximum Gasteiger partial charge on any atom is 0.416 e. The molecule has 13 heteroatoms. The molecule has 2 saturated heterocycles. The van der Waals surface area contributed by atoms with Crippen LogP contribution in [0.2, 0.25) is 0 Å². The summed E-state index contributed by atoms with van der Waals surface area (Å²) in [5, 5.41) is 7.65. The minimum atomic E-state index is -4.40. The molecule has 10 nitrogen and oxygen atoms in total. The molecule has 0 unspecified atom stereocenters. The summed E-state index contributed by atoms with van der Waals surface area (Å²) < 4.78 is 56.1. The smallest absolute Gasteiger partial charge is 0.382 e. The molecule has 2 fully saturated rings. The Morgan fingerprint density at radius 1 is 1.16 bits per heavy atom. The molecule has 3 N–H and O–H groups in total. The average Bonchev–Trinajstić information content (AvgIpc) is 3.48. The van der Waals surface area contributed by atoms with Crippen molar-refractivity contribution in [2.24, 2.45) is 10.7 Å². The number of piperidine rings is 1. The van der Waals surface area contributed by atoms with E-state index in [1.807, 2.05) is 4.90 Å². The fourth-order valence-corrected chi connectivity index (χ4v) is 6.13. The van der Waals surface area contributed by atoms with Crippen molar-refractivity contribution < 1.29 is 32.0 Å². The third-order valence-corrected chi connectivity index (χ3v) is 8.88. The first kappa shape index (κ1) is 32.7. The molecule has 4 heterocycles. The molecule has 45 heavy (non-hydrogen) atoms. The fourth-order valence-electron chi connectivity index (χ4n) is 6.13. The van der Waals surface area contributed by atoms with Gasteiger partial charge in [0.2, 0.25) is 0 Å². The maximum atomic E-state index is 14.1. The number of nitrogens with one attached hydrogen (secondary N) is 1. The van der Waals surface area contributed by atoms with E-state index in [0.29, 0.717) is 74.1 Å². The highest BCUT2D eigenvalue weighted by molar-refractivity contribution is 6.02. The number of aliphatic imine (C=N–C) groups is 1. The van der Waals surface area contributed by atoms with Gasteiger partial charge in [0.15, 0.2) is 5.84 Å². The van der Waals surface area contributed by atoms with Crippen molar-refractivity contribution in [1.82, 2.24) is 20.3 Å². The second-order valence-corrected chi connectivity index (χ2v) is 11.9.